The number of carbonyl (C=O) groups is 1. The van der Waals surface area contributed by atoms with Gasteiger partial charge >= 0.3 is 6.09 Å². The molecule has 1 atom stereocenters. The molecule has 1 aromatic rings. The van der Waals surface area contributed by atoms with Crippen LogP contribution in [0.15, 0.2) is 18.2 Å². The zero-order chi connectivity index (χ0) is 16.3. The van der Waals surface area contributed by atoms with Crippen molar-refractivity contribution >= 4 is 35.8 Å². The lowest BCUT2D eigenvalue weighted by Gasteiger charge is -2.41. The zero-order valence-electron chi connectivity index (χ0n) is 14.2. The number of piperidine rings is 1. The fourth-order valence-electron chi connectivity index (χ4n) is 2.72. The van der Waals surface area contributed by atoms with Gasteiger partial charge in [0.15, 0.2) is 0 Å². The Morgan fingerprint density at radius 1 is 1.39 bits per heavy atom. The third-order valence-electron chi connectivity index (χ3n) is 4.05. The number of rotatable bonds is 2. The lowest BCUT2D eigenvalue weighted by Crippen LogP contribution is -2.50. The summed E-state index contributed by atoms with van der Waals surface area (Å²) in [6.07, 6.45) is 1.44. The van der Waals surface area contributed by atoms with Crippen LogP contribution in [0.1, 0.15) is 39.2 Å². The van der Waals surface area contributed by atoms with Crippen molar-refractivity contribution in [2.24, 2.45) is 0 Å². The highest BCUT2D eigenvalue weighted by Gasteiger charge is 2.29. The lowest BCUT2D eigenvalue weighted by molar-refractivity contribution is 0.0130. The molecule has 1 heterocycles. The molecule has 1 fully saturated rings. The maximum atomic E-state index is 12.1. The van der Waals surface area contributed by atoms with Crippen LogP contribution in [0.3, 0.4) is 0 Å². The van der Waals surface area contributed by atoms with Crippen LogP contribution in [0.4, 0.5) is 10.5 Å². The topological polar surface area (TPSA) is 41.6 Å². The monoisotopic (exact) mass is 360 g/mol. The van der Waals surface area contributed by atoms with E-state index >= 15 is 0 Å². The largest absolute Gasteiger partial charge is 0.445 e. The van der Waals surface area contributed by atoms with Crippen LogP contribution in [-0.4, -0.2) is 35.7 Å². The van der Waals surface area contributed by atoms with Gasteiger partial charge in [0.2, 0.25) is 0 Å². The SMILES string of the molecule is Cc1cccc(Cl)c1NC(=O)OC1CCCN(C(C)(C)C)C1.Cl. The Hall–Kier alpha value is -0.970. The normalized spacial score (nSPS) is 18.9. The lowest BCUT2D eigenvalue weighted by atomic mass is 9.99. The highest BCUT2D eigenvalue weighted by atomic mass is 35.5. The number of nitrogens with one attached hydrogen (secondary N) is 1. The molecule has 0 bridgehead atoms. The van der Waals surface area contributed by atoms with Crippen molar-refractivity contribution in [2.75, 3.05) is 18.4 Å². The Morgan fingerprint density at radius 2 is 2.09 bits per heavy atom. The molecule has 1 amide bonds. The number of amides is 1. The summed E-state index contributed by atoms with van der Waals surface area (Å²) in [4.78, 5) is 14.5. The van der Waals surface area contributed by atoms with Gasteiger partial charge in [0.25, 0.3) is 0 Å². The Bertz CT molecular complexity index is 524. The van der Waals surface area contributed by atoms with E-state index in [0.29, 0.717) is 10.7 Å². The second-order valence-electron chi connectivity index (χ2n) is 6.84. The van der Waals surface area contributed by atoms with Crippen LogP contribution >= 0.6 is 24.0 Å². The molecule has 130 valence electrons. The number of halogens is 2. The van der Waals surface area contributed by atoms with E-state index in [9.17, 15) is 4.79 Å². The summed E-state index contributed by atoms with van der Waals surface area (Å²) >= 11 is 6.12. The van der Waals surface area contributed by atoms with E-state index in [2.05, 4.69) is 31.0 Å². The minimum Gasteiger partial charge on any atom is -0.445 e. The molecular weight excluding hydrogens is 335 g/mol. The van der Waals surface area contributed by atoms with Crippen LogP contribution < -0.4 is 5.32 Å². The van der Waals surface area contributed by atoms with E-state index in [0.717, 1.165) is 31.5 Å². The van der Waals surface area contributed by atoms with Crippen molar-refractivity contribution in [3.05, 3.63) is 28.8 Å². The number of para-hydroxylation sites is 1. The molecule has 4 nitrogen and oxygen atoms in total. The summed E-state index contributed by atoms with van der Waals surface area (Å²) < 4.78 is 5.58. The van der Waals surface area contributed by atoms with Crippen LogP contribution in [0.5, 0.6) is 0 Å². The molecule has 1 unspecified atom stereocenters. The Morgan fingerprint density at radius 3 is 2.70 bits per heavy atom. The van der Waals surface area contributed by atoms with Gasteiger partial charge < -0.3 is 4.74 Å². The summed E-state index contributed by atoms with van der Waals surface area (Å²) in [5.41, 5.74) is 1.64. The molecular formula is C17H26Cl2N2O2. The van der Waals surface area contributed by atoms with E-state index in [1.165, 1.54) is 0 Å². The minimum absolute atomic E-state index is 0. The first-order chi connectivity index (χ1) is 10.3. The molecule has 0 radical (unpaired) electrons. The standard InChI is InChI=1S/C17H25ClN2O2.ClH/c1-12-7-5-9-14(18)15(12)19-16(21)22-13-8-6-10-20(11-13)17(2,3)4;/h5,7,9,13H,6,8,10-11H2,1-4H3,(H,19,21);1H. The average molecular weight is 361 g/mol. The number of hydrogen-bond acceptors (Lipinski definition) is 3. The minimum atomic E-state index is -0.433. The maximum Gasteiger partial charge on any atom is 0.411 e. The molecule has 1 N–H and O–H groups in total. The Labute approximate surface area is 149 Å². The van der Waals surface area contributed by atoms with Crippen LogP contribution in [0.25, 0.3) is 0 Å². The number of carbonyl (C=O) groups excluding carboxylic acids is 1. The molecule has 2 rings (SSSR count). The van der Waals surface area contributed by atoms with Crippen LogP contribution in [0.2, 0.25) is 5.02 Å². The summed E-state index contributed by atoms with van der Waals surface area (Å²) in [6.45, 7) is 10.3. The third-order valence-corrected chi connectivity index (χ3v) is 4.36. The molecule has 0 aromatic heterocycles. The van der Waals surface area contributed by atoms with Gasteiger partial charge in [-0.15, -0.1) is 12.4 Å². The van der Waals surface area contributed by atoms with E-state index in [-0.39, 0.29) is 24.0 Å². The zero-order valence-corrected chi connectivity index (χ0v) is 15.8. The number of hydrogen-bond donors (Lipinski definition) is 1. The highest BCUT2D eigenvalue weighted by Crippen LogP contribution is 2.26. The fraction of sp³-hybridized carbons (Fsp3) is 0.588. The number of benzene rings is 1. The molecule has 6 heteroatoms. The maximum absolute atomic E-state index is 12.1. The van der Waals surface area contributed by atoms with Gasteiger partial charge in [-0.1, -0.05) is 23.7 Å². The van der Waals surface area contributed by atoms with Crippen molar-refractivity contribution in [1.82, 2.24) is 4.90 Å². The van der Waals surface area contributed by atoms with Crippen molar-refractivity contribution in [2.45, 2.75) is 52.2 Å². The number of nitrogens with zero attached hydrogens (tertiary/aromatic N) is 1. The first-order valence-electron chi connectivity index (χ1n) is 7.75. The van der Waals surface area contributed by atoms with Gasteiger partial charge in [-0.05, 0) is 58.7 Å². The first kappa shape index (κ1) is 20.1. The molecule has 1 aliphatic heterocycles. The predicted molar refractivity (Wildman–Crippen MR) is 97.9 cm³/mol. The molecule has 0 saturated carbocycles. The van der Waals surface area contributed by atoms with Gasteiger partial charge in [0.05, 0.1) is 10.7 Å². The molecule has 1 aliphatic rings. The molecule has 1 aromatic carbocycles. The quantitative estimate of drug-likeness (QED) is 0.816. The number of likely N-dealkylation sites (tertiary alicyclic amines) is 1. The Kier molecular flexibility index (Phi) is 7.18. The van der Waals surface area contributed by atoms with E-state index in [4.69, 9.17) is 16.3 Å². The molecule has 23 heavy (non-hydrogen) atoms. The second kappa shape index (κ2) is 8.22. The fourth-order valence-corrected chi connectivity index (χ4v) is 2.99. The molecule has 0 spiro atoms. The number of ether oxygens (including phenoxy) is 1. The number of anilines is 1. The predicted octanol–water partition coefficient (Wildman–Crippen LogP) is 4.88. The van der Waals surface area contributed by atoms with Gasteiger partial charge in [0, 0.05) is 12.1 Å². The first-order valence-corrected chi connectivity index (χ1v) is 8.13. The molecule has 0 aliphatic carbocycles. The molecule has 1 saturated heterocycles. The smallest absolute Gasteiger partial charge is 0.411 e. The summed E-state index contributed by atoms with van der Waals surface area (Å²) in [6, 6.07) is 5.52. The van der Waals surface area contributed by atoms with E-state index in [1.807, 2.05) is 19.1 Å². The van der Waals surface area contributed by atoms with E-state index in [1.54, 1.807) is 6.07 Å². The Balaban J connectivity index is 0.00000264. The second-order valence-corrected chi connectivity index (χ2v) is 7.25. The number of aryl methyl sites for hydroxylation is 1. The highest BCUT2D eigenvalue weighted by molar-refractivity contribution is 6.33. The van der Waals surface area contributed by atoms with Crippen molar-refractivity contribution in [3.63, 3.8) is 0 Å². The summed E-state index contributed by atoms with van der Waals surface area (Å²) in [5, 5.41) is 3.29. The van der Waals surface area contributed by atoms with Crippen molar-refractivity contribution in [1.29, 1.82) is 0 Å². The van der Waals surface area contributed by atoms with Crippen molar-refractivity contribution in [3.8, 4) is 0 Å². The van der Waals surface area contributed by atoms with Gasteiger partial charge in [0.1, 0.15) is 6.10 Å². The average Bonchev–Trinajstić information content (AvgIpc) is 2.42. The van der Waals surface area contributed by atoms with Crippen LogP contribution in [0, 0.1) is 6.92 Å². The van der Waals surface area contributed by atoms with Gasteiger partial charge in [-0.3, -0.25) is 10.2 Å². The summed E-state index contributed by atoms with van der Waals surface area (Å²) in [5.74, 6) is 0. The van der Waals surface area contributed by atoms with Crippen LogP contribution in [-0.2, 0) is 4.74 Å². The van der Waals surface area contributed by atoms with Crippen molar-refractivity contribution < 1.29 is 9.53 Å². The van der Waals surface area contributed by atoms with Gasteiger partial charge in [-0.2, -0.15) is 0 Å². The third kappa shape index (κ3) is 5.55. The van der Waals surface area contributed by atoms with Gasteiger partial charge in [-0.25, -0.2) is 4.79 Å². The summed E-state index contributed by atoms with van der Waals surface area (Å²) in [7, 11) is 0. The van der Waals surface area contributed by atoms with E-state index < -0.39 is 6.09 Å².